The molecule has 2 amide bonds. The minimum atomic E-state index is -0.0166. The Balaban J connectivity index is 1.09. The Morgan fingerprint density at radius 3 is 2.63 bits per heavy atom. The molecule has 1 aromatic heterocycles. The van der Waals surface area contributed by atoms with E-state index in [0.29, 0.717) is 36.4 Å². The highest BCUT2D eigenvalue weighted by molar-refractivity contribution is 5.94. The van der Waals surface area contributed by atoms with Crippen LogP contribution in [0.1, 0.15) is 62.0 Å². The van der Waals surface area contributed by atoms with Crippen LogP contribution in [0.4, 0.5) is 5.69 Å². The number of benzene rings is 1. The SMILES string of the molecule is O=C(Nc1cccc(OCC(=O)N2CCC(c3nc(C4CC4)n[nH]3)CC2)c1)C1CC1. The number of rotatable bonds is 7. The van der Waals surface area contributed by atoms with E-state index in [1.54, 1.807) is 12.1 Å². The normalized spacial score (nSPS) is 19.5. The van der Waals surface area contributed by atoms with E-state index in [1.165, 1.54) is 12.8 Å². The zero-order valence-corrected chi connectivity index (χ0v) is 17.0. The largest absolute Gasteiger partial charge is 0.484 e. The number of likely N-dealkylation sites (tertiary alicyclic amines) is 1. The van der Waals surface area contributed by atoms with Gasteiger partial charge in [0.15, 0.2) is 12.4 Å². The van der Waals surface area contributed by atoms with E-state index in [1.807, 2.05) is 17.0 Å². The van der Waals surface area contributed by atoms with Crippen molar-refractivity contribution < 1.29 is 14.3 Å². The van der Waals surface area contributed by atoms with Crippen LogP contribution in [0.2, 0.25) is 0 Å². The number of piperidine rings is 1. The first-order chi connectivity index (χ1) is 14.7. The summed E-state index contributed by atoms with van der Waals surface area (Å²) >= 11 is 0. The Bertz CT molecular complexity index is 926. The number of nitrogens with one attached hydrogen (secondary N) is 2. The zero-order valence-electron chi connectivity index (χ0n) is 17.0. The number of hydrogen-bond acceptors (Lipinski definition) is 5. The molecule has 8 nitrogen and oxygen atoms in total. The van der Waals surface area contributed by atoms with Crippen LogP contribution in [0.3, 0.4) is 0 Å². The summed E-state index contributed by atoms with van der Waals surface area (Å²) in [4.78, 5) is 31.0. The molecule has 30 heavy (non-hydrogen) atoms. The fourth-order valence-corrected chi connectivity index (χ4v) is 3.89. The van der Waals surface area contributed by atoms with E-state index < -0.39 is 0 Å². The highest BCUT2D eigenvalue weighted by Gasteiger charge is 2.31. The van der Waals surface area contributed by atoms with E-state index in [0.717, 1.165) is 37.3 Å². The second-order valence-corrected chi connectivity index (χ2v) is 8.59. The first kappa shape index (κ1) is 19.1. The second-order valence-electron chi connectivity index (χ2n) is 8.59. The standard InChI is InChI=1S/C22H27N5O3/c28-19(13-30-18-3-1-2-17(12-18)23-22(29)16-6-7-16)27-10-8-15(9-11-27)21-24-20(25-26-21)14-4-5-14/h1-3,12,14-16H,4-11,13H2,(H,23,29)(H,24,25,26). The lowest BCUT2D eigenvalue weighted by molar-refractivity contribution is -0.134. The summed E-state index contributed by atoms with van der Waals surface area (Å²) in [7, 11) is 0. The summed E-state index contributed by atoms with van der Waals surface area (Å²) in [5.74, 6) is 3.57. The van der Waals surface area contributed by atoms with Crippen LogP contribution in [0.5, 0.6) is 5.75 Å². The Hall–Kier alpha value is -2.90. The number of hydrogen-bond donors (Lipinski definition) is 2. The van der Waals surface area contributed by atoms with Crippen LogP contribution in [0.25, 0.3) is 0 Å². The number of carbonyl (C=O) groups excluding carboxylic acids is 2. The Labute approximate surface area is 175 Å². The lowest BCUT2D eigenvalue weighted by Crippen LogP contribution is -2.40. The van der Waals surface area contributed by atoms with Gasteiger partial charge in [0.2, 0.25) is 5.91 Å². The summed E-state index contributed by atoms with van der Waals surface area (Å²) in [6, 6.07) is 7.22. The molecule has 0 unspecified atom stereocenters. The van der Waals surface area contributed by atoms with Crippen molar-refractivity contribution in [3.05, 3.63) is 35.9 Å². The third-order valence-corrected chi connectivity index (χ3v) is 6.11. The van der Waals surface area contributed by atoms with E-state index >= 15 is 0 Å². The molecule has 5 rings (SSSR count). The van der Waals surface area contributed by atoms with Crippen molar-refractivity contribution in [2.24, 2.45) is 5.92 Å². The topological polar surface area (TPSA) is 100 Å². The molecule has 2 aromatic rings. The molecule has 2 N–H and O–H groups in total. The molecule has 0 bridgehead atoms. The number of H-pyrrole nitrogens is 1. The average Bonchev–Trinajstić information content (AvgIpc) is 3.71. The molecular weight excluding hydrogens is 382 g/mol. The number of aromatic nitrogens is 3. The summed E-state index contributed by atoms with van der Waals surface area (Å²) in [5.41, 5.74) is 0.704. The highest BCUT2D eigenvalue weighted by atomic mass is 16.5. The fraction of sp³-hybridized carbons (Fsp3) is 0.545. The minimum absolute atomic E-state index is 0.00116. The van der Waals surface area contributed by atoms with Gasteiger partial charge >= 0.3 is 0 Å². The van der Waals surface area contributed by atoms with Crippen molar-refractivity contribution in [1.29, 1.82) is 0 Å². The number of amides is 2. The quantitative estimate of drug-likeness (QED) is 0.732. The smallest absolute Gasteiger partial charge is 0.260 e. The van der Waals surface area contributed by atoms with Gasteiger partial charge in [0.25, 0.3) is 5.91 Å². The lowest BCUT2D eigenvalue weighted by atomic mass is 9.96. The number of carbonyl (C=O) groups is 2. The van der Waals surface area contributed by atoms with Crippen molar-refractivity contribution in [1.82, 2.24) is 20.1 Å². The zero-order chi connectivity index (χ0) is 20.5. The van der Waals surface area contributed by atoms with Crippen LogP contribution in [-0.2, 0) is 9.59 Å². The van der Waals surface area contributed by atoms with Gasteiger partial charge in [-0.1, -0.05) is 6.07 Å². The fourth-order valence-electron chi connectivity index (χ4n) is 3.89. The summed E-state index contributed by atoms with van der Waals surface area (Å²) in [6.07, 6.45) is 6.08. The molecule has 0 spiro atoms. The van der Waals surface area contributed by atoms with Gasteiger partial charge in [-0.15, -0.1) is 0 Å². The third-order valence-electron chi connectivity index (χ3n) is 6.11. The molecule has 1 aromatic carbocycles. The van der Waals surface area contributed by atoms with Crippen LogP contribution in [0.15, 0.2) is 24.3 Å². The molecule has 0 atom stereocenters. The molecule has 8 heteroatoms. The van der Waals surface area contributed by atoms with Crippen molar-refractivity contribution in [2.75, 3.05) is 25.0 Å². The van der Waals surface area contributed by atoms with Gasteiger partial charge in [-0.05, 0) is 50.7 Å². The van der Waals surface area contributed by atoms with Crippen LogP contribution in [-0.4, -0.2) is 51.6 Å². The molecule has 2 heterocycles. The van der Waals surface area contributed by atoms with E-state index in [-0.39, 0.29) is 24.3 Å². The number of nitrogens with zero attached hydrogens (tertiary/aromatic N) is 3. The maximum absolute atomic E-state index is 12.6. The van der Waals surface area contributed by atoms with Gasteiger partial charge in [-0.3, -0.25) is 14.7 Å². The van der Waals surface area contributed by atoms with E-state index in [9.17, 15) is 9.59 Å². The molecule has 3 aliphatic rings. The van der Waals surface area contributed by atoms with Crippen LogP contribution in [0, 0.1) is 5.92 Å². The number of aromatic amines is 1. The Morgan fingerprint density at radius 2 is 1.90 bits per heavy atom. The van der Waals surface area contributed by atoms with Gasteiger partial charge in [0, 0.05) is 42.6 Å². The van der Waals surface area contributed by atoms with Crippen molar-refractivity contribution in [2.45, 2.75) is 50.4 Å². The first-order valence-corrected chi connectivity index (χ1v) is 10.9. The molecular formula is C22H27N5O3. The van der Waals surface area contributed by atoms with E-state index in [4.69, 9.17) is 4.74 Å². The predicted octanol–water partition coefficient (Wildman–Crippen LogP) is 2.82. The second kappa shape index (κ2) is 8.08. The first-order valence-electron chi connectivity index (χ1n) is 10.9. The summed E-state index contributed by atoms with van der Waals surface area (Å²) < 4.78 is 5.70. The third kappa shape index (κ3) is 4.47. The predicted molar refractivity (Wildman–Crippen MR) is 110 cm³/mol. The van der Waals surface area contributed by atoms with Gasteiger partial charge in [-0.25, -0.2) is 4.98 Å². The van der Waals surface area contributed by atoms with Crippen molar-refractivity contribution >= 4 is 17.5 Å². The molecule has 2 saturated carbocycles. The van der Waals surface area contributed by atoms with Gasteiger partial charge in [0.1, 0.15) is 11.6 Å². The summed E-state index contributed by atoms with van der Waals surface area (Å²) in [6.45, 7) is 1.40. The molecule has 1 aliphatic heterocycles. The Kier molecular flexibility index (Phi) is 5.14. The van der Waals surface area contributed by atoms with Crippen molar-refractivity contribution in [3.8, 4) is 5.75 Å². The Morgan fingerprint density at radius 1 is 1.10 bits per heavy atom. The molecule has 2 aliphatic carbocycles. The lowest BCUT2D eigenvalue weighted by Gasteiger charge is -2.31. The molecule has 1 saturated heterocycles. The van der Waals surface area contributed by atoms with Gasteiger partial charge < -0.3 is 15.0 Å². The molecule has 3 fully saturated rings. The maximum atomic E-state index is 12.6. The van der Waals surface area contributed by atoms with Crippen LogP contribution < -0.4 is 10.1 Å². The number of anilines is 1. The minimum Gasteiger partial charge on any atom is -0.484 e. The summed E-state index contributed by atoms with van der Waals surface area (Å²) in [5, 5.41) is 10.3. The maximum Gasteiger partial charge on any atom is 0.260 e. The van der Waals surface area contributed by atoms with Gasteiger partial charge in [-0.2, -0.15) is 5.10 Å². The average molecular weight is 409 g/mol. The molecule has 0 radical (unpaired) electrons. The van der Waals surface area contributed by atoms with Crippen molar-refractivity contribution in [3.63, 3.8) is 0 Å². The van der Waals surface area contributed by atoms with Crippen LogP contribution >= 0.6 is 0 Å². The highest BCUT2D eigenvalue weighted by Crippen LogP contribution is 2.38. The number of ether oxygens (including phenoxy) is 1. The monoisotopic (exact) mass is 409 g/mol. The van der Waals surface area contributed by atoms with Gasteiger partial charge in [0.05, 0.1) is 0 Å². The van der Waals surface area contributed by atoms with E-state index in [2.05, 4.69) is 20.5 Å². The molecule has 158 valence electrons.